The van der Waals surface area contributed by atoms with Gasteiger partial charge in [0.1, 0.15) is 12.1 Å². The molecule has 3 aromatic rings. The molecule has 158 valence electrons. The minimum atomic E-state index is -4.17. The van der Waals surface area contributed by atoms with E-state index in [2.05, 4.69) is 4.98 Å². The first-order valence-corrected chi connectivity index (χ1v) is 10.4. The Morgan fingerprint density at radius 3 is 2.77 bits per heavy atom. The number of nitrogens with zero attached hydrogens (tertiary/aromatic N) is 1. The van der Waals surface area contributed by atoms with Crippen molar-refractivity contribution in [2.75, 3.05) is 13.7 Å². The molecule has 1 N–H and O–H groups in total. The summed E-state index contributed by atoms with van der Waals surface area (Å²) in [6, 6.07) is 8.44. The second-order valence-electron chi connectivity index (χ2n) is 6.69. The molecule has 0 saturated carbocycles. The summed E-state index contributed by atoms with van der Waals surface area (Å²) in [7, 11) is -3.01. The first-order valence-electron chi connectivity index (χ1n) is 8.93. The van der Waals surface area contributed by atoms with Crippen molar-refractivity contribution in [3.05, 3.63) is 58.8 Å². The summed E-state index contributed by atoms with van der Waals surface area (Å²) in [5.74, 6) is -2.10. The molecule has 0 bridgehead atoms. The molecule has 0 aliphatic carbocycles. The van der Waals surface area contributed by atoms with Crippen LogP contribution in [0, 0.1) is 5.82 Å². The normalized spacial score (nSPS) is 19.8. The molecular weight excluding hydrogens is 419 g/mol. The number of sulfonamides is 1. The Bertz CT molecular complexity index is 1270. The fourth-order valence-corrected chi connectivity index (χ4v) is 5.06. The zero-order valence-electron chi connectivity index (χ0n) is 15.7. The zero-order chi connectivity index (χ0) is 21.5. The molecule has 2 atom stereocenters. The Labute approximate surface area is 170 Å². The minimum absolute atomic E-state index is 0.00890. The van der Waals surface area contributed by atoms with E-state index in [1.807, 2.05) is 0 Å². The van der Waals surface area contributed by atoms with Crippen molar-refractivity contribution in [2.24, 2.45) is 0 Å². The van der Waals surface area contributed by atoms with Crippen LogP contribution in [0.1, 0.15) is 6.42 Å². The number of aromatic amines is 1. The van der Waals surface area contributed by atoms with Crippen molar-refractivity contribution in [3.63, 3.8) is 0 Å². The van der Waals surface area contributed by atoms with Crippen molar-refractivity contribution in [1.29, 1.82) is 0 Å². The number of oxazole rings is 1. The second kappa shape index (κ2) is 7.58. The summed E-state index contributed by atoms with van der Waals surface area (Å²) in [5.41, 5.74) is 0.402. The van der Waals surface area contributed by atoms with Gasteiger partial charge in [0, 0.05) is 6.42 Å². The maximum Gasteiger partial charge on any atom is 0.417 e. The molecule has 2 unspecified atom stereocenters. The maximum absolute atomic E-state index is 13.9. The summed E-state index contributed by atoms with van der Waals surface area (Å²) < 4.78 is 56.6. The molecule has 0 amide bonds. The highest BCUT2D eigenvalue weighted by atomic mass is 32.2. The average molecular weight is 436 g/mol. The number of halogens is 1. The number of methoxy groups -OCH3 is 1. The van der Waals surface area contributed by atoms with Crippen LogP contribution < -0.4 is 10.5 Å². The number of aromatic nitrogens is 1. The number of fused-ring (bicyclic) bond motifs is 1. The number of hydrogen-bond donors (Lipinski definition) is 1. The zero-order valence-corrected chi connectivity index (χ0v) is 16.5. The van der Waals surface area contributed by atoms with Crippen LogP contribution in [0.15, 0.2) is 56.6 Å². The lowest BCUT2D eigenvalue weighted by molar-refractivity contribution is -0.144. The van der Waals surface area contributed by atoms with Gasteiger partial charge in [0.05, 0.1) is 24.1 Å². The average Bonchev–Trinajstić information content (AvgIpc) is 3.31. The Morgan fingerprint density at radius 2 is 2.03 bits per heavy atom. The fourth-order valence-electron chi connectivity index (χ4n) is 3.42. The molecule has 1 aliphatic heterocycles. The van der Waals surface area contributed by atoms with Gasteiger partial charge < -0.3 is 13.9 Å². The van der Waals surface area contributed by atoms with Crippen LogP contribution in [0.5, 0.6) is 5.75 Å². The number of H-pyrrole nitrogens is 1. The predicted octanol–water partition coefficient (Wildman–Crippen LogP) is 1.64. The van der Waals surface area contributed by atoms with Crippen LogP contribution in [-0.2, 0) is 19.6 Å². The van der Waals surface area contributed by atoms with E-state index >= 15 is 0 Å². The molecule has 1 saturated heterocycles. The molecule has 2 heterocycles. The van der Waals surface area contributed by atoms with E-state index < -0.39 is 39.7 Å². The summed E-state index contributed by atoms with van der Waals surface area (Å²) in [6.45, 7) is -0.184. The summed E-state index contributed by atoms with van der Waals surface area (Å²) >= 11 is 0. The van der Waals surface area contributed by atoms with E-state index in [9.17, 15) is 22.4 Å². The van der Waals surface area contributed by atoms with Gasteiger partial charge in [0.25, 0.3) is 0 Å². The summed E-state index contributed by atoms with van der Waals surface area (Å²) in [5, 5.41) is 0. The Kier molecular flexibility index (Phi) is 5.08. The minimum Gasteiger partial charge on any atom is -0.486 e. The molecule has 2 aromatic carbocycles. The van der Waals surface area contributed by atoms with Gasteiger partial charge in [-0.15, -0.1) is 0 Å². The molecule has 4 rings (SSSR count). The number of hydrogen-bond acceptors (Lipinski definition) is 7. The van der Waals surface area contributed by atoms with Crippen LogP contribution in [0.25, 0.3) is 11.1 Å². The van der Waals surface area contributed by atoms with E-state index in [1.165, 1.54) is 36.4 Å². The van der Waals surface area contributed by atoms with Crippen LogP contribution >= 0.6 is 0 Å². The van der Waals surface area contributed by atoms with E-state index in [0.29, 0.717) is 0 Å². The Hall–Kier alpha value is -3.18. The lowest BCUT2D eigenvalue weighted by atomic mass is 10.2. The Balaban J connectivity index is 1.67. The highest BCUT2D eigenvalue weighted by molar-refractivity contribution is 7.89. The molecule has 1 aromatic heterocycles. The summed E-state index contributed by atoms with van der Waals surface area (Å²) in [6.07, 6.45) is -0.774. The largest absolute Gasteiger partial charge is 0.486 e. The number of esters is 1. The SMILES string of the molecule is COC(=O)C1CC(Oc2ccccc2F)CN1S(=O)(=O)c1ccc2oc(=O)[nH]c2c1. The van der Waals surface area contributed by atoms with Crippen molar-refractivity contribution >= 4 is 27.1 Å². The standard InChI is InChI=1S/C19H17FN2O7S/c1-27-18(23)15-8-11(28-16-5-3-2-4-13(16)20)10-22(15)30(25,26)12-6-7-17-14(9-12)21-19(24)29-17/h2-7,9,11,15H,8,10H2,1H3,(H,21,24). The third-order valence-electron chi connectivity index (χ3n) is 4.82. The van der Waals surface area contributed by atoms with Crippen molar-refractivity contribution < 1.29 is 31.5 Å². The van der Waals surface area contributed by atoms with Crippen LogP contribution in [0.2, 0.25) is 0 Å². The smallest absolute Gasteiger partial charge is 0.417 e. The molecule has 9 nitrogen and oxygen atoms in total. The van der Waals surface area contributed by atoms with Crippen LogP contribution in [0.4, 0.5) is 4.39 Å². The van der Waals surface area contributed by atoms with Gasteiger partial charge in [0.15, 0.2) is 17.1 Å². The number of ether oxygens (including phenoxy) is 2. The quantitative estimate of drug-likeness (QED) is 0.604. The predicted molar refractivity (Wildman–Crippen MR) is 102 cm³/mol. The molecule has 30 heavy (non-hydrogen) atoms. The lowest BCUT2D eigenvalue weighted by Crippen LogP contribution is -2.41. The third kappa shape index (κ3) is 3.57. The number of nitrogens with one attached hydrogen (secondary N) is 1. The van der Waals surface area contributed by atoms with Crippen molar-refractivity contribution in [3.8, 4) is 5.75 Å². The van der Waals surface area contributed by atoms with E-state index in [4.69, 9.17) is 13.9 Å². The molecule has 1 fully saturated rings. The van der Waals surface area contributed by atoms with Crippen LogP contribution in [-0.4, -0.2) is 49.5 Å². The summed E-state index contributed by atoms with van der Waals surface area (Å²) in [4.78, 5) is 25.8. The molecule has 1 aliphatic rings. The van der Waals surface area contributed by atoms with Crippen molar-refractivity contribution in [1.82, 2.24) is 9.29 Å². The number of benzene rings is 2. The van der Waals surface area contributed by atoms with Gasteiger partial charge in [-0.3, -0.25) is 9.78 Å². The molecule has 11 heteroatoms. The van der Waals surface area contributed by atoms with Gasteiger partial charge in [-0.1, -0.05) is 12.1 Å². The van der Waals surface area contributed by atoms with Gasteiger partial charge in [0.2, 0.25) is 10.0 Å². The molecule has 0 spiro atoms. The molecule has 0 radical (unpaired) electrons. The number of carbonyl (C=O) groups is 1. The van der Waals surface area contributed by atoms with Crippen molar-refractivity contribution in [2.45, 2.75) is 23.5 Å². The van der Waals surface area contributed by atoms with E-state index in [1.54, 1.807) is 6.07 Å². The highest BCUT2D eigenvalue weighted by Crippen LogP contribution is 2.31. The maximum atomic E-state index is 13.9. The Morgan fingerprint density at radius 1 is 1.27 bits per heavy atom. The third-order valence-corrected chi connectivity index (χ3v) is 6.69. The number of carbonyl (C=O) groups excluding carboxylic acids is 1. The number of para-hydroxylation sites is 1. The lowest BCUT2D eigenvalue weighted by Gasteiger charge is -2.21. The van der Waals surface area contributed by atoms with Gasteiger partial charge >= 0.3 is 11.7 Å². The van der Waals surface area contributed by atoms with E-state index in [0.717, 1.165) is 11.4 Å². The second-order valence-corrected chi connectivity index (χ2v) is 8.58. The fraction of sp³-hybridized carbons (Fsp3) is 0.263. The molecular formula is C19H17FN2O7S. The van der Waals surface area contributed by atoms with Gasteiger partial charge in [-0.25, -0.2) is 17.6 Å². The highest BCUT2D eigenvalue weighted by Gasteiger charge is 2.46. The first-order chi connectivity index (χ1) is 14.3. The van der Waals surface area contributed by atoms with Gasteiger partial charge in [-0.2, -0.15) is 4.31 Å². The van der Waals surface area contributed by atoms with E-state index in [-0.39, 0.29) is 34.7 Å². The number of rotatable bonds is 5. The first kappa shape index (κ1) is 20.1. The van der Waals surface area contributed by atoms with Crippen LogP contribution in [0.3, 0.4) is 0 Å². The van der Waals surface area contributed by atoms with Gasteiger partial charge in [-0.05, 0) is 30.3 Å². The monoisotopic (exact) mass is 436 g/mol. The topological polar surface area (TPSA) is 119 Å².